The molecule has 140 valence electrons. The summed E-state index contributed by atoms with van der Waals surface area (Å²) in [5.74, 6) is 1.79. The Morgan fingerprint density at radius 1 is 1.19 bits per heavy atom. The molecule has 1 aromatic carbocycles. The summed E-state index contributed by atoms with van der Waals surface area (Å²) in [5, 5.41) is 4.08. The predicted octanol–water partition coefficient (Wildman–Crippen LogP) is 4.75. The van der Waals surface area contributed by atoms with Crippen molar-refractivity contribution in [2.75, 3.05) is 0 Å². The Kier molecular flexibility index (Phi) is 6.07. The first-order valence-corrected chi connectivity index (χ1v) is 9.72. The molecule has 26 heavy (non-hydrogen) atoms. The van der Waals surface area contributed by atoms with Gasteiger partial charge in [-0.15, -0.1) is 0 Å². The molecule has 3 rings (SSSR count). The van der Waals surface area contributed by atoms with Crippen LogP contribution in [0.2, 0.25) is 0 Å². The SMILES string of the molecule is Cc1ccc(-c2noc(CN(C(=O)CC3CCCCC3)C(C)C)n2)cc1. The third kappa shape index (κ3) is 4.71. The molecule has 5 nitrogen and oxygen atoms in total. The van der Waals surface area contributed by atoms with E-state index in [4.69, 9.17) is 4.52 Å². The minimum atomic E-state index is 0.112. The van der Waals surface area contributed by atoms with Gasteiger partial charge in [0.2, 0.25) is 17.6 Å². The van der Waals surface area contributed by atoms with Crippen LogP contribution >= 0.6 is 0 Å². The molecular formula is C21H29N3O2. The number of hydrogen-bond acceptors (Lipinski definition) is 4. The summed E-state index contributed by atoms with van der Waals surface area (Å²) in [6.45, 7) is 6.50. The van der Waals surface area contributed by atoms with E-state index in [1.807, 2.05) is 49.9 Å². The largest absolute Gasteiger partial charge is 0.337 e. The van der Waals surface area contributed by atoms with Crippen LogP contribution in [0.1, 0.15) is 63.8 Å². The number of carbonyl (C=O) groups excluding carboxylic acids is 1. The number of amides is 1. The lowest BCUT2D eigenvalue weighted by molar-refractivity contribution is -0.135. The number of benzene rings is 1. The van der Waals surface area contributed by atoms with Crippen molar-refractivity contribution in [3.05, 3.63) is 35.7 Å². The highest BCUT2D eigenvalue weighted by Gasteiger charge is 2.24. The van der Waals surface area contributed by atoms with Crippen molar-refractivity contribution in [3.8, 4) is 11.4 Å². The Morgan fingerprint density at radius 3 is 2.54 bits per heavy atom. The lowest BCUT2D eigenvalue weighted by Crippen LogP contribution is -2.37. The molecular weight excluding hydrogens is 326 g/mol. The summed E-state index contributed by atoms with van der Waals surface area (Å²) in [7, 11) is 0. The van der Waals surface area contributed by atoms with Crippen LogP contribution in [-0.2, 0) is 11.3 Å². The maximum absolute atomic E-state index is 12.8. The fourth-order valence-electron chi connectivity index (χ4n) is 3.60. The quantitative estimate of drug-likeness (QED) is 0.750. The molecule has 0 N–H and O–H groups in total. The van der Waals surface area contributed by atoms with Crippen molar-refractivity contribution in [3.63, 3.8) is 0 Å². The van der Waals surface area contributed by atoms with E-state index in [0.717, 1.165) is 5.56 Å². The van der Waals surface area contributed by atoms with Crippen LogP contribution in [0.5, 0.6) is 0 Å². The van der Waals surface area contributed by atoms with Crippen LogP contribution < -0.4 is 0 Å². The summed E-state index contributed by atoms with van der Waals surface area (Å²) in [5.41, 5.74) is 2.12. The van der Waals surface area contributed by atoms with E-state index < -0.39 is 0 Å². The van der Waals surface area contributed by atoms with E-state index in [0.29, 0.717) is 30.6 Å². The van der Waals surface area contributed by atoms with Crippen LogP contribution in [0, 0.1) is 12.8 Å². The van der Waals surface area contributed by atoms with E-state index in [2.05, 4.69) is 10.1 Å². The van der Waals surface area contributed by atoms with E-state index in [1.54, 1.807) is 0 Å². The van der Waals surface area contributed by atoms with Crippen LogP contribution in [0.3, 0.4) is 0 Å². The summed E-state index contributed by atoms with van der Waals surface area (Å²) in [6, 6.07) is 8.14. The molecule has 0 unspecified atom stereocenters. The van der Waals surface area contributed by atoms with Gasteiger partial charge in [-0.1, -0.05) is 54.2 Å². The minimum absolute atomic E-state index is 0.112. The van der Waals surface area contributed by atoms with Crippen molar-refractivity contribution in [2.24, 2.45) is 5.92 Å². The monoisotopic (exact) mass is 355 g/mol. The van der Waals surface area contributed by atoms with Crippen molar-refractivity contribution in [1.82, 2.24) is 15.0 Å². The van der Waals surface area contributed by atoms with Gasteiger partial charge in [0.15, 0.2) is 0 Å². The maximum atomic E-state index is 12.8. The number of carbonyl (C=O) groups is 1. The average Bonchev–Trinajstić information content (AvgIpc) is 3.09. The van der Waals surface area contributed by atoms with Gasteiger partial charge < -0.3 is 9.42 Å². The smallest absolute Gasteiger partial charge is 0.246 e. The van der Waals surface area contributed by atoms with Crippen molar-refractivity contribution < 1.29 is 9.32 Å². The highest BCUT2D eigenvalue weighted by Crippen LogP contribution is 2.27. The maximum Gasteiger partial charge on any atom is 0.246 e. The van der Waals surface area contributed by atoms with Crippen LogP contribution in [0.4, 0.5) is 0 Å². The topological polar surface area (TPSA) is 59.2 Å². The molecule has 0 bridgehead atoms. The van der Waals surface area contributed by atoms with Gasteiger partial charge in [-0.2, -0.15) is 4.98 Å². The second kappa shape index (κ2) is 8.47. The zero-order chi connectivity index (χ0) is 18.5. The van der Waals surface area contributed by atoms with E-state index in [9.17, 15) is 4.79 Å². The van der Waals surface area contributed by atoms with Gasteiger partial charge in [-0.25, -0.2) is 0 Å². The van der Waals surface area contributed by atoms with E-state index in [1.165, 1.54) is 37.7 Å². The third-order valence-electron chi connectivity index (χ3n) is 5.22. The molecule has 0 aliphatic heterocycles. The predicted molar refractivity (Wildman–Crippen MR) is 101 cm³/mol. The van der Waals surface area contributed by atoms with Gasteiger partial charge >= 0.3 is 0 Å². The second-order valence-corrected chi connectivity index (χ2v) is 7.70. The van der Waals surface area contributed by atoms with Gasteiger partial charge in [0.1, 0.15) is 6.54 Å². The molecule has 1 saturated carbocycles. The Hall–Kier alpha value is -2.17. The van der Waals surface area contributed by atoms with Gasteiger partial charge in [0.05, 0.1) is 0 Å². The first-order valence-electron chi connectivity index (χ1n) is 9.72. The number of hydrogen-bond donors (Lipinski definition) is 0. The van der Waals surface area contributed by atoms with Gasteiger partial charge in [0.25, 0.3) is 0 Å². The fourth-order valence-corrected chi connectivity index (χ4v) is 3.60. The van der Waals surface area contributed by atoms with Gasteiger partial charge in [-0.3, -0.25) is 4.79 Å². The highest BCUT2D eigenvalue weighted by atomic mass is 16.5. The molecule has 0 atom stereocenters. The number of rotatable bonds is 6. The number of nitrogens with zero attached hydrogens (tertiary/aromatic N) is 3. The molecule has 2 aromatic rings. The summed E-state index contributed by atoms with van der Waals surface area (Å²) >= 11 is 0. The summed E-state index contributed by atoms with van der Waals surface area (Å²) in [4.78, 5) is 19.2. The first-order chi connectivity index (χ1) is 12.5. The zero-order valence-electron chi connectivity index (χ0n) is 16.1. The van der Waals surface area contributed by atoms with Crippen LogP contribution in [0.15, 0.2) is 28.8 Å². The standard InChI is InChI=1S/C21H29N3O2/c1-15(2)24(20(25)13-17-7-5-4-6-8-17)14-19-22-21(23-26-19)18-11-9-16(3)10-12-18/h9-12,15,17H,4-8,13-14H2,1-3H3. The number of aromatic nitrogens is 2. The molecule has 0 radical (unpaired) electrons. The van der Waals surface area contributed by atoms with Gasteiger partial charge in [-0.05, 0) is 39.5 Å². The molecule has 0 saturated heterocycles. The molecule has 1 fully saturated rings. The second-order valence-electron chi connectivity index (χ2n) is 7.70. The molecule has 0 spiro atoms. The Balaban J connectivity index is 1.66. The Bertz CT molecular complexity index is 715. The fraction of sp³-hybridized carbons (Fsp3) is 0.571. The number of aryl methyl sites for hydroxylation is 1. The highest BCUT2D eigenvalue weighted by molar-refractivity contribution is 5.76. The molecule has 1 amide bonds. The van der Waals surface area contributed by atoms with Crippen molar-refractivity contribution >= 4 is 5.91 Å². The molecule has 1 aliphatic carbocycles. The molecule has 1 aliphatic rings. The summed E-state index contributed by atoms with van der Waals surface area (Å²) < 4.78 is 5.42. The van der Waals surface area contributed by atoms with Crippen LogP contribution in [-0.4, -0.2) is 27.0 Å². The van der Waals surface area contributed by atoms with Gasteiger partial charge in [0, 0.05) is 18.0 Å². The molecule has 1 aromatic heterocycles. The zero-order valence-corrected chi connectivity index (χ0v) is 16.1. The Morgan fingerprint density at radius 2 is 1.88 bits per heavy atom. The normalized spacial score (nSPS) is 15.4. The van der Waals surface area contributed by atoms with E-state index in [-0.39, 0.29) is 11.9 Å². The third-order valence-corrected chi connectivity index (χ3v) is 5.22. The lowest BCUT2D eigenvalue weighted by Gasteiger charge is -2.28. The van der Waals surface area contributed by atoms with Crippen LogP contribution in [0.25, 0.3) is 11.4 Å². The van der Waals surface area contributed by atoms with Crippen molar-refractivity contribution in [1.29, 1.82) is 0 Å². The van der Waals surface area contributed by atoms with Crippen molar-refractivity contribution in [2.45, 2.75) is 71.9 Å². The molecule has 5 heteroatoms. The molecule has 1 heterocycles. The minimum Gasteiger partial charge on any atom is -0.337 e. The first kappa shape index (κ1) is 18.6. The van der Waals surface area contributed by atoms with E-state index >= 15 is 0 Å². The Labute approximate surface area is 155 Å². The summed E-state index contributed by atoms with van der Waals surface area (Å²) in [6.07, 6.45) is 6.80. The lowest BCUT2D eigenvalue weighted by atomic mass is 9.86. The average molecular weight is 355 g/mol.